The van der Waals surface area contributed by atoms with Crippen molar-refractivity contribution in [2.75, 3.05) is 12.4 Å². The van der Waals surface area contributed by atoms with Gasteiger partial charge < -0.3 is 15.5 Å². The van der Waals surface area contributed by atoms with E-state index in [0.29, 0.717) is 18.8 Å². The summed E-state index contributed by atoms with van der Waals surface area (Å²) >= 11 is 1.53. The lowest BCUT2D eigenvalue weighted by molar-refractivity contribution is -0.150. The standard InChI is InChI=1S/C15H19N3O2S/c1-2-20-13(19)15(16,12-6-4-3-5-7-12)8-11-21-14-17-9-10-18-14/h3-7,9-10H,2,8,11,16H2,1H3,(H,17,18). The lowest BCUT2D eigenvalue weighted by Crippen LogP contribution is -2.46. The Labute approximate surface area is 128 Å². The molecular formula is C15H19N3O2S. The van der Waals surface area contributed by atoms with Crippen LogP contribution in [0, 0.1) is 0 Å². The van der Waals surface area contributed by atoms with Crippen LogP contribution in [0.25, 0.3) is 0 Å². The summed E-state index contributed by atoms with van der Waals surface area (Å²) in [5, 5.41) is 0.814. The smallest absolute Gasteiger partial charge is 0.330 e. The molecule has 0 aliphatic carbocycles. The molecule has 0 saturated carbocycles. The van der Waals surface area contributed by atoms with Crippen molar-refractivity contribution in [3.63, 3.8) is 0 Å². The Morgan fingerprint density at radius 1 is 1.43 bits per heavy atom. The van der Waals surface area contributed by atoms with Crippen molar-refractivity contribution in [3.8, 4) is 0 Å². The lowest BCUT2D eigenvalue weighted by Gasteiger charge is -2.27. The van der Waals surface area contributed by atoms with Gasteiger partial charge in [-0.25, -0.2) is 9.78 Å². The molecule has 1 heterocycles. The summed E-state index contributed by atoms with van der Waals surface area (Å²) in [5.41, 5.74) is 6.01. The highest BCUT2D eigenvalue weighted by atomic mass is 32.2. The van der Waals surface area contributed by atoms with Crippen LogP contribution in [0.15, 0.2) is 47.9 Å². The van der Waals surface area contributed by atoms with Crippen LogP contribution in [-0.4, -0.2) is 28.3 Å². The van der Waals surface area contributed by atoms with Gasteiger partial charge in [0.05, 0.1) is 6.61 Å². The Kier molecular flexibility index (Phi) is 5.41. The van der Waals surface area contributed by atoms with Gasteiger partial charge in [-0.15, -0.1) is 0 Å². The molecule has 2 aromatic rings. The number of carbonyl (C=O) groups is 1. The predicted molar refractivity (Wildman–Crippen MR) is 82.9 cm³/mol. The first-order valence-corrected chi connectivity index (χ1v) is 7.79. The Morgan fingerprint density at radius 3 is 2.81 bits per heavy atom. The van der Waals surface area contributed by atoms with Gasteiger partial charge in [0.1, 0.15) is 5.54 Å². The molecule has 21 heavy (non-hydrogen) atoms. The molecular weight excluding hydrogens is 286 g/mol. The number of esters is 1. The number of nitrogens with one attached hydrogen (secondary N) is 1. The number of H-pyrrole nitrogens is 1. The summed E-state index contributed by atoms with van der Waals surface area (Å²) in [7, 11) is 0. The monoisotopic (exact) mass is 305 g/mol. The zero-order valence-electron chi connectivity index (χ0n) is 11.9. The average Bonchev–Trinajstić information content (AvgIpc) is 3.01. The number of carbonyl (C=O) groups excluding carboxylic acids is 1. The van der Waals surface area contributed by atoms with Gasteiger partial charge in [-0.1, -0.05) is 42.1 Å². The molecule has 0 amide bonds. The molecule has 1 atom stereocenters. The van der Waals surface area contributed by atoms with Crippen molar-refractivity contribution in [2.45, 2.75) is 24.0 Å². The number of thioether (sulfide) groups is 1. The van der Waals surface area contributed by atoms with Crippen molar-refractivity contribution in [1.82, 2.24) is 9.97 Å². The molecule has 0 bridgehead atoms. The Morgan fingerprint density at radius 2 is 2.19 bits per heavy atom. The van der Waals surface area contributed by atoms with Crippen LogP contribution in [0.5, 0.6) is 0 Å². The predicted octanol–water partition coefficient (Wildman–Crippen LogP) is 2.31. The Bertz CT molecular complexity index is 560. The summed E-state index contributed by atoms with van der Waals surface area (Å²) < 4.78 is 5.15. The topological polar surface area (TPSA) is 81.0 Å². The molecule has 1 aromatic heterocycles. The molecule has 2 rings (SSSR count). The van der Waals surface area contributed by atoms with E-state index >= 15 is 0 Å². The maximum atomic E-state index is 12.3. The second-order valence-corrected chi connectivity index (χ2v) is 5.63. The summed E-state index contributed by atoms with van der Waals surface area (Å²) in [6.07, 6.45) is 3.93. The SMILES string of the molecule is CCOC(=O)C(N)(CCSc1ncc[nH]1)c1ccccc1. The maximum absolute atomic E-state index is 12.3. The zero-order chi connectivity index (χ0) is 15.1. The van der Waals surface area contributed by atoms with Crippen LogP contribution < -0.4 is 5.73 Å². The molecule has 1 aromatic carbocycles. The molecule has 0 spiro atoms. The Hall–Kier alpha value is -1.79. The third-order valence-electron chi connectivity index (χ3n) is 3.14. The van der Waals surface area contributed by atoms with Gasteiger partial charge in [-0.05, 0) is 18.9 Å². The van der Waals surface area contributed by atoms with E-state index in [2.05, 4.69) is 9.97 Å². The number of benzene rings is 1. The fourth-order valence-corrected chi connectivity index (χ4v) is 2.90. The minimum Gasteiger partial charge on any atom is -0.464 e. The van der Waals surface area contributed by atoms with Crippen LogP contribution in [0.1, 0.15) is 18.9 Å². The number of aromatic nitrogens is 2. The van der Waals surface area contributed by atoms with Gasteiger partial charge in [0.15, 0.2) is 5.16 Å². The van der Waals surface area contributed by atoms with Gasteiger partial charge in [0.2, 0.25) is 0 Å². The second kappa shape index (κ2) is 7.28. The highest BCUT2D eigenvalue weighted by molar-refractivity contribution is 7.99. The van der Waals surface area contributed by atoms with Gasteiger partial charge >= 0.3 is 5.97 Å². The van der Waals surface area contributed by atoms with Crippen molar-refractivity contribution in [1.29, 1.82) is 0 Å². The van der Waals surface area contributed by atoms with Gasteiger partial charge in [-0.3, -0.25) is 0 Å². The van der Waals surface area contributed by atoms with Gasteiger partial charge in [0, 0.05) is 18.1 Å². The zero-order valence-corrected chi connectivity index (χ0v) is 12.7. The molecule has 0 radical (unpaired) electrons. The number of hydrogen-bond acceptors (Lipinski definition) is 5. The number of hydrogen-bond donors (Lipinski definition) is 2. The van der Waals surface area contributed by atoms with Crippen LogP contribution in [0.2, 0.25) is 0 Å². The molecule has 0 aliphatic rings. The van der Waals surface area contributed by atoms with Crippen LogP contribution in [0.3, 0.4) is 0 Å². The number of ether oxygens (including phenoxy) is 1. The van der Waals surface area contributed by atoms with Crippen molar-refractivity contribution in [2.24, 2.45) is 5.73 Å². The van der Waals surface area contributed by atoms with Crippen LogP contribution >= 0.6 is 11.8 Å². The molecule has 5 nitrogen and oxygen atoms in total. The third kappa shape index (κ3) is 3.86. The fraction of sp³-hybridized carbons (Fsp3) is 0.333. The van der Waals surface area contributed by atoms with E-state index < -0.39 is 11.5 Å². The number of nitrogens with two attached hydrogens (primary N) is 1. The molecule has 0 fully saturated rings. The van der Waals surface area contributed by atoms with E-state index in [4.69, 9.17) is 10.5 Å². The van der Waals surface area contributed by atoms with E-state index in [1.54, 1.807) is 19.3 Å². The number of aromatic amines is 1. The van der Waals surface area contributed by atoms with E-state index in [1.807, 2.05) is 30.3 Å². The molecule has 3 N–H and O–H groups in total. The third-order valence-corrected chi connectivity index (χ3v) is 4.04. The van der Waals surface area contributed by atoms with Crippen molar-refractivity contribution >= 4 is 17.7 Å². The minimum atomic E-state index is -1.13. The summed E-state index contributed by atoms with van der Waals surface area (Å²) in [6, 6.07) is 9.35. The molecule has 112 valence electrons. The first-order valence-electron chi connectivity index (χ1n) is 6.80. The highest BCUT2D eigenvalue weighted by Crippen LogP contribution is 2.27. The quantitative estimate of drug-likeness (QED) is 0.606. The van der Waals surface area contributed by atoms with Crippen LogP contribution in [-0.2, 0) is 15.1 Å². The number of nitrogens with zero attached hydrogens (tertiary/aromatic N) is 1. The molecule has 1 unspecified atom stereocenters. The normalized spacial score (nSPS) is 13.6. The average molecular weight is 305 g/mol. The highest BCUT2D eigenvalue weighted by Gasteiger charge is 2.37. The fourth-order valence-electron chi connectivity index (χ4n) is 2.00. The molecule has 0 saturated heterocycles. The van der Waals surface area contributed by atoms with Crippen molar-refractivity contribution in [3.05, 3.63) is 48.3 Å². The maximum Gasteiger partial charge on any atom is 0.330 e. The first-order chi connectivity index (χ1) is 10.2. The second-order valence-electron chi connectivity index (χ2n) is 4.55. The minimum absolute atomic E-state index is 0.315. The van der Waals surface area contributed by atoms with E-state index in [1.165, 1.54) is 11.8 Å². The molecule has 0 aliphatic heterocycles. The Balaban J connectivity index is 2.10. The van der Waals surface area contributed by atoms with E-state index in [0.717, 1.165) is 10.7 Å². The number of imidazole rings is 1. The van der Waals surface area contributed by atoms with Gasteiger partial charge in [-0.2, -0.15) is 0 Å². The van der Waals surface area contributed by atoms with E-state index in [9.17, 15) is 4.79 Å². The summed E-state index contributed by atoms with van der Waals surface area (Å²) in [5.74, 6) is 0.272. The van der Waals surface area contributed by atoms with Gasteiger partial charge in [0.25, 0.3) is 0 Å². The van der Waals surface area contributed by atoms with E-state index in [-0.39, 0.29) is 0 Å². The first kappa shape index (κ1) is 15.6. The van der Waals surface area contributed by atoms with Crippen molar-refractivity contribution < 1.29 is 9.53 Å². The lowest BCUT2D eigenvalue weighted by atomic mass is 9.88. The van der Waals surface area contributed by atoms with Crippen LogP contribution in [0.4, 0.5) is 0 Å². The summed E-state index contributed by atoms with van der Waals surface area (Å²) in [4.78, 5) is 19.4. The molecule has 6 heteroatoms. The summed E-state index contributed by atoms with van der Waals surface area (Å²) in [6.45, 7) is 2.09. The number of rotatable bonds is 7. The largest absolute Gasteiger partial charge is 0.464 e.